The van der Waals surface area contributed by atoms with E-state index in [4.69, 9.17) is 5.53 Å². The maximum Gasteiger partial charge on any atom is 0.228 e. The molecule has 1 heterocycles. The van der Waals surface area contributed by atoms with Crippen LogP contribution in [0, 0.1) is 5.92 Å². The van der Waals surface area contributed by atoms with Gasteiger partial charge >= 0.3 is 0 Å². The smallest absolute Gasteiger partial charge is 0.228 e. The van der Waals surface area contributed by atoms with Gasteiger partial charge in [0.05, 0.1) is 6.10 Å². The number of hydrogen-bond donors (Lipinski definition) is 1. The number of likely N-dealkylation sites (tertiary alicyclic amines) is 1. The average Bonchev–Trinajstić information content (AvgIpc) is 2.26. The van der Waals surface area contributed by atoms with Crippen LogP contribution in [0.2, 0.25) is 0 Å². The average molecular weight is 212 g/mol. The second-order valence-corrected chi connectivity index (χ2v) is 3.75. The minimum atomic E-state index is -0.307. The summed E-state index contributed by atoms with van der Waals surface area (Å²) in [6.45, 7) is 2.99. The molecule has 1 saturated heterocycles. The fourth-order valence-electron chi connectivity index (χ4n) is 1.84. The molecule has 0 aromatic carbocycles. The highest BCUT2D eigenvalue weighted by Crippen LogP contribution is 2.19. The maximum absolute atomic E-state index is 11.5. The van der Waals surface area contributed by atoms with Crippen molar-refractivity contribution in [3.05, 3.63) is 10.4 Å². The summed E-state index contributed by atoms with van der Waals surface area (Å²) in [7, 11) is 0. The lowest BCUT2D eigenvalue weighted by Crippen LogP contribution is -2.46. The first-order chi connectivity index (χ1) is 7.19. The predicted molar refractivity (Wildman–Crippen MR) is 55.0 cm³/mol. The maximum atomic E-state index is 11.5. The molecule has 84 valence electrons. The SMILES string of the molecule is CCC1CN(C(=O)CN=[N+]=[N-])CCC1O. The van der Waals surface area contributed by atoms with Crippen molar-refractivity contribution in [3.8, 4) is 0 Å². The molecule has 1 amide bonds. The van der Waals surface area contributed by atoms with Gasteiger partial charge in [0.2, 0.25) is 5.91 Å². The zero-order chi connectivity index (χ0) is 11.3. The molecule has 0 aromatic heterocycles. The standard InChI is InChI=1S/C9H16N4O2/c1-2-7-6-13(4-3-8(7)14)9(15)5-11-12-10/h7-8,14H,2-6H2,1H3. The molecule has 0 bridgehead atoms. The molecule has 0 saturated carbocycles. The van der Waals surface area contributed by atoms with E-state index in [1.165, 1.54) is 0 Å². The summed E-state index contributed by atoms with van der Waals surface area (Å²) in [6.07, 6.45) is 1.16. The van der Waals surface area contributed by atoms with Gasteiger partial charge in [-0.05, 0) is 18.4 Å². The molecule has 0 aliphatic carbocycles. The van der Waals surface area contributed by atoms with Crippen molar-refractivity contribution in [2.24, 2.45) is 11.0 Å². The Kier molecular flexibility index (Phi) is 4.39. The number of amides is 1. The van der Waals surface area contributed by atoms with E-state index in [2.05, 4.69) is 10.0 Å². The minimum Gasteiger partial charge on any atom is -0.393 e. The van der Waals surface area contributed by atoms with Crippen LogP contribution < -0.4 is 0 Å². The zero-order valence-electron chi connectivity index (χ0n) is 8.83. The first kappa shape index (κ1) is 11.8. The number of hydrogen-bond acceptors (Lipinski definition) is 3. The van der Waals surface area contributed by atoms with Crippen LogP contribution in [0.15, 0.2) is 5.11 Å². The molecule has 1 rings (SSSR count). The molecule has 0 aromatic rings. The minimum absolute atomic E-state index is 0.122. The van der Waals surface area contributed by atoms with Gasteiger partial charge in [-0.15, -0.1) is 0 Å². The van der Waals surface area contributed by atoms with Gasteiger partial charge in [-0.1, -0.05) is 12.0 Å². The van der Waals surface area contributed by atoms with Gasteiger partial charge in [0.25, 0.3) is 0 Å². The van der Waals surface area contributed by atoms with Crippen LogP contribution in [0.1, 0.15) is 19.8 Å². The molecule has 1 aliphatic heterocycles. The van der Waals surface area contributed by atoms with E-state index in [9.17, 15) is 9.90 Å². The Bertz CT molecular complexity index is 275. The molecule has 1 fully saturated rings. The number of azide groups is 1. The van der Waals surface area contributed by atoms with Gasteiger partial charge in [-0.2, -0.15) is 0 Å². The van der Waals surface area contributed by atoms with Gasteiger partial charge in [0.15, 0.2) is 0 Å². The molecule has 15 heavy (non-hydrogen) atoms. The lowest BCUT2D eigenvalue weighted by molar-refractivity contribution is -0.133. The van der Waals surface area contributed by atoms with E-state index in [-0.39, 0.29) is 24.5 Å². The van der Waals surface area contributed by atoms with Crippen LogP contribution in [0.25, 0.3) is 10.4 Å². The molecule has 0 radical (unpaired) electrons. The monoisotopic (exact) mass is 212 g/mol. The van der Waals surface area contributed by atoms with Crippen molar-refractivity contribution in [3.63, 3.8) is 0 Å². The Morgan fingerprint density at radius 3 is 3.07 bits per heavy atom. The molecule has 2 unspecified atom stereocenters. The van der Waals surface area contributed by atoms with E-state index >= 15 is 0 Å². The van der Waals surface area contributed by atoms with Crippen LogP contribution in [0.3, 0.4) is 0 Å². The van der Waals surface area contributed by atoms with Crippen molar-refractivity contribution in [2.45, 2.75) is 25.9 Å². The summed E-state index contributed by atoms with van der Waals surface area (Å²) >= 11 is 0. The van der Waals surface area contributed by atoms with Crippen LogP contribution in [-0.2, 0) is 4.79 Å². The number of aliphatic hydroxyl groups excluding tert-OH is 1. The quantitative estimate of drug-likeness (QED) is 0.428. The summed E-state index contributed by atoms with van der Waals surface area (Å²) < 4.78 is 0. The van der Waals surface area contributed by atoms with Crippen LogP contribution in [0.4, 0.5) is 0 Å². The molecule has 1 N–H and O–H groups in total. The Hall–Kier alpha value is -1.26. The van der Waals surface area contributed by atoms with Crippen LogP contribution in [-0.4, -0.2) is 41.7 Å². The van der Waals surface area contributed by atoms with Gasteiger partial charge in [-0.25, -0.2) is 0 Å². The highest BCUT2D eigenvalue weighted by molar-refractivity contribution is 5.78. The fourth-order valence-corrected chi connectivity index (χ4v) is 1.84. The van der Waals surface area contributed by atoms with E-state index in [1.807, 2.05) is 6.92 Å². The third-order valence-corrected chi connectivity index (χ3v) is 2.84. The molecular formula is C9H16N4O2. The lowest BCUT2D eigenvalue weighted by Gasteiger charge is -2.35. The molecule has 0 spiro atoms. The van der Waals surface area contributed by atoms with Gasteiger partial charge in [0.1, 0.15) is 6.54 Å². The molecular weight excluding hydrogens is 196 g/mol. The zero-order valence-corrected chi connectivity index (χ0v) is 8.83. The molecule has 1 aliphatic rings. The Morgan fingerprint density at radius 1 is 1.73 bits per heavy atom. The first-order valence-corrected chi connectivity index (χ1v) is 5.15. The summed E-state index contributed by atoms with van der Waals surface area (Å²) in [5, 5.41) is 12.9. The third-order valence-electron chi connectivity index (χ3n) is 2.84. The highest BCUT2D eigenvalue weighted by atomic mass is 16.3. The van der Waals surface area contributed by atoms with Gasteiger partial charge in [0, 0.05) is 23.9 Å². The number of piperidine rings is 1. The van der Waals surface area contributed by atoms with Gasteiger partial charge < -0.3 is 10.0 Å². The summed E-state index contributed by atoms with van der Waals surface area (Å²) in [6, 6.07) is 0. The Labute approximate surface area is 88.5 Å². The largest absolute Gasteiger partial charge is 0.393 e. The van der Waals surface area contributed by atoms with E-state index in [0.717, 1.165) is 6.42 Å². The van der Waals surface area contributed by atoms with E-state index < -0.39 is 0 Å². The van der Waals surface area contributed by atoms with E-state index in [0.29, 0.717) is 19.5 Å². The van der Waals surface area contributed by atoms with Crippen molar-refractivity contribution in [1.29, 1.82) is 0 Å². The number of carbonyl (C=O) groups is 1. The summed E-state index contributed by atoms with van der Waals surface area (Å²) in [4.78, 5) is 15.7. The summed E-state index contributed by atoms with van der Waals surface area (Å²) in [5.41, 5.74) is 8.10. The van der Waals surface area contributed by atoms with Crippen molar-refractivity contribution in [1.82, 2.24) is 4.90 Å². The third kappa shape index (κ3) is 3.11. The molecule has 2 atom stereocenters. The number of aliphatic hydroxyl groups is 1. The first-order valence-electron chi connectivity index (χ1n) is 5.15. The van der Waals surface area contributed by atoms with Crippen LogP contribution in [0.5, 0.6) is 0 Å². The highest BCUT2D eigenvalue weighted by Gasteiger charge is 2.28. The lowest BCUT2D eigenvalue weighted by atomic mass is 9.92. The van der Waals surface area contributed by atoms with Gasteiger partial charge in [-0.3, -0.25) is 4.79 Å². The Morgan fingerprint density at radius 2 is 2.47 bits per heavy atom. The summed E-state index contributed by atoms with van der Waals surface area (Å²) in [5.74, 6) is -0.00749. The molecule has 6 nitrogen and oxygen atoms in total. The van der Waals surface area contributed by atoms with Crippen molar-refractivity contribution >= 4 is 5.91 Å². The number of rotatable bonds is 3. The number of nitrogens with zero attached hydrogens (tertiary/aromatic N) is 4. The van der Waals surface area contributed by atoms with Crippen molar-refractivity contribution in [2.75, 3.05) is 19.6 Å². The topological polar surface area (TPSA) is 89.3 Å². The molecule has 6 heteroatoms. The number of carbonyl (C=O) groups excluding carboxylic acids is 1. The van der Waals surface area contributed by atoms with Crippen molar-refractivity contribution < 1.29 is 9.90 Å². The van der Waals surface area contributed by atoms with Crippen LogP contribution >= 0.6 is 0 Å². The fraction of sp³-hybridized carbons (Fsp3) is 0.889. The second-order valence-electron chi connectivity index (χ2n) is 3.75. The van der Waals surface area contributed by atoms with E-state index in [1.54, 1.807) is 4.90 Å². The Balaban J connectivity index is 2.50. The normalized spacial score (nSPS) is 25.9. The second kappa shape index (κ2) is 5.58. The predicted octanol–water partition coefficient (Wildman–Crippen LogP) is 0.916.